The zero-order valence-electron chi connectivity index (χ0n) is 12.0. The summed E-state index contributed by atoms with van der Waals surface area (Å²) in [4.78, 5) is 15.2. The van der Waals surface area contributed by atoms with Crippen LogP contribution in [0.3, 0.4) is 0 Å². The molecular weight excluding hydrogens is 258 g/mol. The first-order chi connectivity index (χ1) is 9.69. The van der Waals surface area contributed by atoms with Gasteiger partial charge >= 0.3 is 5.97 Å². The molecule has 1 saturated carbocycles. The van der Waals surface area contributed by atoms with E-state index >= 15 is 0 Å². The summed E-state index contributed by atoms with van der Waals surface area (Å²) in [5.41, 5.74) is 0. The Bertz CT molecular complexity index is 425. The van der Waals surface area contributed by atoms with Crippen molar-refractivity contribution in [2.24, 2.45) is 11.8 Å². The minimum absolute atomic E-state index is 0.139. The number of carbonyl (C=O) groups is 1. The normalized spacial score (nSPS) is 22.9. The maximum absolute atomic E-state index is 10.9. The molecule has 2 N–H and O–H groups in total. The average molecular weight is 281 g/mol. The van der Waals surface area contributed by atoms with E-state index in [-0.39, 0.29) is 5.92 Å². The minimum atomic E-state index is -0.647. The van der Waals surface area contributed by atoms with Crippen molar-refractivity contribution in [1.82, 2.24) is 15.5 Å². The predicted molar refractivity (Wildman–Crippen MR) is 73.1 cm³/mol. The van der Waals surface area contributed by atoms with Crippen LogP contribution in [0.15, 0.2) is 4.52 Å². The third-order valence-corrected chi connectivity index (χ3v) is 3.89. The van der Waals surface area contributed by atoms with Gasteiger partial charge in [0.25, 0.3) is 0 Å². The minimum Gasteiger partial charge on any atom is -0.481 e. The highest BCUT2D eigenvalue weighted by Gasteiger charge is 2.25. The maximum atomic E-state index is 10.9. The molecule has 0 bridgehead atoms. The van der Waals surface area contributed by atoms with E-state index < -0.39 is 5.97 Å². The predicted octanol–water partition coefficient (Wildman–Crippen LogP) is 2.00. The largest absolute Gasteiger partial charge is 0.481 e. The smallest absolute Gasteiger partial charge is 0.306 e. The van der Waals surface area contributed by atoms with Crippen LogP contribution >= 0.6 is 0 Å². The molecule has 6 nitrogen and oxygen atoms in total. The first-order valence-electron chi connectivity index (χ1n) is 7.44. The molecule has 1 aliphatic carbocycles. The summed E-state index contributed by atoms with van der Waals surface area (Å²) in [7, 11) is 0. The number of carboxylic acid groups (broad SMARTS) is 1. The molecule has 0 radical (unpaired) electrons. The Morgan fingerprint density at radius 1 is 1.40 bits per heavy atom. The third kappa shape index (κ3) is 4.30. The number of aryl methyl sites for hydroxylation is 1. The van der Waals surface area contributed by atoms with E-state index in [1.807, 2.05) is 0 Å². The van der Waals surface area contributed by atoms with Gasteiger partial charge in [-0.3, -0.25) is 4.79 Å². The highest BCUT2D eigenvalue weighted by atomic mass is 16.5. The van der Waals surface area contributed by atoms with E-state index in [2.05, 4.69) is 22.4 Å². The molecule has 0 saturated heterocycles. The SMILES string of the molecule is CCCc1nc(CNCC2CCC(C(=O)O)CC2)no1. The standard InChI is InChI=1S/C14H23N3O3/c1-2-3-13-16-12(17-20-13)9-15-8-10-4-6-11(7-5-10)14(18)19/h10-11,15H,2-9H2,1H3,(H,18,19). The highest BCUT2D eigenvalue weighted by molar-refractivity contribution is 5.69. The molecular formula is C14H23N3O3. The van der Waals surface area contributed by atoms with Crippen molar-refractivity contribution in [3.05, 3.63) is 11.7 Å². The number of nitrogens with zero attached hydrogens (tertiary/aromatic N) is 2. The Kier molecular flexibility index (Phi) is 5.52. The van der Waals surface area contributed by atoms with Gasteiger partial charge in [-0.1, -0.05) is 12.1 Å². The van der Waals surface area contributed by atoms with Crippen LogP contribution in [0.5, 0.6) is 0 Å². The van der Waals surface area contributed by atoms with Crippen LogP contribution < -0.4 is 5.32 Å². The van der Waals surface area contributed by atoms with Gasteiger partial charge < -0.3 is 14.9 Å². The quantitative estimate of drug-likeness (QED) is 0.794. The Morgan fingerprint density at radius 3 is 2.80 bits per heavy atom. The van der Waals surface area contributed by atoms with Crippen molar-refractivity contribution in [3.63, 3.8) is 0 Å². The van der Waals surface area contributed by atoms with Crippen molar-refractivity contribution < 1.29 is 14.4 Å². The number of rotatable bonds is 7. The lowest BCUT2D eigenvalue weighted by molar-refractivity contribution is -0.143. The van der Waals surface area contributed by atoms with Gasteiger partial charge in [0.05, 0.1) is 12.5 Å². The lowest BCUT2D eigenvalue weighted by Crippen LogP contribution is -2.28. The lowest BCUT2D eigenvalue weighted by atomic mass is 9.82. The van der Waals surface area contributed by atoms with Crippen LogP contribution in [-0.4, -0.2) is 27.8 Å². The zero-order chi connectivity index (χ0) is 14.4. The van der Waals surface area contributed by atoms with E-state index in [0.717, 1.165) is 45.1 Å². The number of aromatic nitrogens is 2. The highest BCUT2D eigenvalue weighted by Crippen LogP contribution is 2.28. The summed E-state index contributed by atoms with van der Waals surface area (Å²) in [6.45, 7) is 3.59. The van der Waals surface area contributed by atoms with Gasteiger partial charge in [-0.15, -0.1) is 0 Å². The number of aliphatic carboxylic acids is 1. The maximum Gasteiger partial charge on any atom is 0.306 e. The first kappa shape index (κ1) is 15.0. The van der Waals surface area contributed by atoms with Gasteiger partial charge in [-0.25, -0.2) is 0 Å². The van der Waals surface area contributed by atoms with Crippen LogP contribution in [-0.2, 0) is 17.8 Å². The fourth-order valence-corrected chi connectivity index (χ4v) is 2.68. The van der Waals surface area contributed by atoms with E-state index in [0.29, 0.717) is 24.2 Å². The van der Waals surface area contributed by atoms with Crippen molar-refractivity contribution in [1.29, 1.82) is 0 Å². The van der Waals surface area contributed by atoms with E-state index in [1.54, 1.807) is 0 Å². The molecule has 1 heterocycles. The lowest BCUT2D eigenvalue weighted by Gasteiger charge is -2.26. The first-order valence-corrected chi connectivity index (χ1v) is 7.44. The van der Waals surface area contributed by atoms with E-state index in [4.69, 9.17) is 9.63 Å². The molecule has 1 aromatic rings. The van der Waals surface area contributed by atoms with Crippen LogP contribution in [0.4, 0.5) is 0 Å². The van der Waals surface area contributed by atoms with Crippen molar-refractivity contribution >= 4 is 5.97 Å². The van der Waals surface area contributed by atoms with Gasteiger partial charge in [-0.05, 0) is 44.6 Å². The summed E-state index contributed by atoms with van der Waals surface area (Å²) in [5, 5.41) is 16.2. The van der Waals surface area contributed by atoms with Crippen molar-refractivity contribution in [3.8, 4) is 0 Å². The fraction of sp³-hybridized carbons (Fsp3) is 0.786. The van der Waals surface area contributed by atoms with Gasteiger partial charge in [0.2, 0.25) is 5.89 Å². The molecule has 1 aliphatic rings. The zero-order valence-corrected chi connectivity index (χ0v) is 12.0. The molecule has 112 valence electrons. The molecule has 0 aromatic carbocycles. The van der Waals surface area contributed by atoms with Crippen LogP contribution in [0, 0.1) is 11.8 Å². The second-order valence-electron chi connectivity index (χ2n) is 5.54. The summed E-state index contributed by atoms with van der Waals surface area (Å²) >= 11 is 0. The van der Waals surface area contributed by atoms with Crippen LogP contribution in [0.25, 0.3) is 0 Å². The molecule has 6 heteroatoms. The van der Waals surface area contributed by atoms with Gasteiger partial charge in [0, 0.05) is 6.42 Å². The van der Waals surface area contributed by atoms with Gasteiger partial charge in [0.15, 0.2) is 5.82 Å². The molecule has 0 unspecified atom stereocenters. The van der Waals surface area contributed by atoms with E-state index in [9.17, 15) is 4.79 Å². The number of carboxylic acids is 1. The monoisotopic (exact) mass is 281 g/mol. The molecule has 20 heavy (non-hydrogen) atoms. The Balaban J connectivity index is 1.65. The summed E-state index contributed by atoms with van der Waals surface area (Å²) in [5.74, 6) is 1.18. The van der Waals surface area contributed by atoms with Crippen molar-refractivity contribution in [2.45, 2.75) is 52.0 Å². The van der Waals surface area contributed by atoms with Crippen LogP contribution in [0.2, 0.25) is 0 Å². The summed E-state index contributed by atoms with van der Waals surface area (Å²) < 4.78 is 5.12. The summed E-state index contributed by atoms with van der Waals surface area (Å²) in [6, 6.07) is 0. The summed E-state index contributed by atoms with van der Waals surface area (Å²) in [6.07, 6.45) is 5.39. The fourth-order valence-electron chi connectivity index (χ4n) is 2.68. The topological polar surface area (TPSA) is 88.2 Å². The van der Waals surface area contributed by atoms with Gasteiger partial charge in [-0.2, -0.15) is 4.98 Å². The molecule has 2 rings (SSSR count). The molecule has 0 atom stereocenters. The number of hydrogen-bond donors (Lipinski definition) is 2. The number of hydrogen-bond acceptors (Lipinski definition) is 5. The second-order valence-corrected chi connectivity index (χ2v) is 5.54. The molecule has 1 fully saturated rings. The Morgan fingerprint density at radius 2 is 2.15 bits per heavy atom. The third-order valence-electron chi connectivity index (χ3n) is 3.89. The second kappa shape index (κ2) is 7.38. The Hall–Kier alpha value is -1.43. The molecule has 0 spiro atoms. The molecule has 1 aromatic heterocycles. The molecule has 0 aliphatic heterocycles. The van der Waals surface area contributed by atoms with Crippen molar-refractivity contribution in [2.75, 3.05) is 6.54 Å². The van der Waals surface area contributed by atoms with Gasteiger partial charge in [0.1, 0.15) is 0 Å². The molecule has 0 amide bonds. The Labute approximate surface area is 118 Å². The van der Waals surface area contributed by atoms with Crippen LogP contribution in [0.1, 0.15) is 50.7 Å². The van der Waals surface area contributed by atoms with E-state index in [1.165, 1.54) is 0 Å². The number of nitrogens with one attached hydrogen (secondary N) is 1. The average Bonchev–Trinajstić information content (AvgIpc) is 2.87.